The zero-order chi connectivity index (χ0) is 13.8. The predicted octanol–water partition coefficient (Wildman–Crippen LogP) is 2.02. The van der Waals surface area contributed by atoms with E-state index in [9.17, 15) is 9.59 Å². The molecule has 0 atom stereocenters. The van der Waals surface area contributed by atoms with Gasteiger partial charge in [-0.3, -0.25) is 4.79 Å². The van der Waals surface area contributed by atoms with Gasteiger partial charge in [-0.15, -0.1) is 0 Å². The highest BCUT2D eigenvalue weighted by molar-refractivity contribution is 6.08. The number of ether oxygens (including phenoxy) is 1. The van der Waals surface area contributed by atoms with Gasteiger partial charge in [0, 0.05) is 0 Å². The minimum absolute atomic E-state index is 0.285. The van der Waals surface area contributed by atoms with Crippen molar-refractivity contribution < 1.29 is 18.8 Å². The molecule has 6 nitrogen and oxygen atoms in total. The van der Waals surface area contributed by atoms with Gasteiger partial charge in [-0.05, 0) is 19.1 Å². The lowest BCUT2D eigenvalue weighted by molar-refractivity contribution is 0.0602. The summed E-state index contributed by atoms with van der Waals surface area (Å²) in [6.07, 6.45) is 1.32. The average Bonchev–Trinajstić information content (AvgIpc) is 2.85. The SMILES string of the molecule is COC(=O)c1ccccc1NC(=O)c1cnoc1C. The van der Waals surface area contributed by atoms with Crippen molar-refractivity contribution in [3.63, 3.8) is 0 Å². The maximum atomic E-state index is 12.0. The number of hydrogen-bond acceptors (Lipinski definition) is 5. The fourth-order valence-electron chi connectivity index (χ4n) is 1.59. The smallest absolute Gasteiger partial charge is 0.339 e. The minimum atomic E-state index is -0.516. The Hall–Kier alpha value is -2.63. The third-order valence-electron chi connectivity index (χ3n) is 2.58. The summed E-state index contributed by atoms with van der Waals surface area (Å²) in [5.74, 6) is -0.499. The van der Waals surface area contributed by atoms with Crippen LogP contribution in [0.15, 0.2) is 35.0 Å². The molecule has 1 aromatic carbocycles. The van der Waals surface area contributed by atoms with Crippen LogP contribution < -0.4 is 5.32 Å². The molecule has 0 unspecified atom stereocenters. The number of nitrogens with zero attached hydrogens (tertiary/aromatic N) is 1. The molecule has 1 aromatic heterocycles. The lowest BCUT2D eigenvalue weighted by atomic mass is 10.1. The number of nitrogens with one attached hydrogen (secondary N) is 1. The van der Waals surface area contributed by atoms with E-state index in [0.717, 1.165) is 0 Å². The number of amides is 1. The van der Waals surface area contributed by atoms with Crippen molar-refractivity contribution in [3.8, 4) is 0 Å². The van der Waals surface area contributed by atoms with Crippen LogP contribution in [0, 0.1) is 6.92 Å². The monoisotopic (exact) mass is 260 g/mol. The van der Waals surface area contributed by atoms with Crippen molar-refractivity contribution in [1.82, 2.24) is 5.16 Å². The standard InChI is InChI=1S/C13H12N2O4/c1-8-10(7-14-19-8)12(16)15-11-6-4-3-5-9(11)13(17)18-2/h3-7H,1-2H3,(H,15,16). The molecule has 0 spiro atoms. The predicted molar refractivity (Wildman–Crippen MR) is 67.0 cm³/mol. The summed E-state index contributed by atoms with van der Waals surface area (Å²) in [7, 11) is 1.28. The first-order valence-electron chi connectivity index (χ1n) is 5.53. The highest BCUT2D eigenvalue weighted by atomic mass is 16.5. The van der Waals surface area contributed by atoms with Crippen molar-refractivity contribution in [2.24, 2.45) is 0 Å². The second-order valence-electron chi connectivity index (χ2n) is 3.79. The Morgan fingerprint density at radius 3 is 2.63 bits per heavy atom. The van der Waals surface area contributed by atoms with Crippen molar-refractivity contribution >= 4 is 17.6 Å². The summed E-state index contributed by atoms with van der Waals surface area (Å²) >= 11 is 0. The van der Waals surface area contributed by atoms with Crippen LogP contribution in [0.25, 0.3) is 0 Å². The number of carbonyl (C=O) groups excluding carboxylic acids is 2. The number of anilines is 1. The molecule has 0 fully saturated rings. The number of esters is 1. The van der Waals surface area contributed by atoms with Crippen LogP contribution in [0.4, 0.5) is 5.69 Å². The first kappa shape index (κ1) is 12.8. The minimum Gasteiger partial charge on any atom is -0.465 e. The van der Waals surface area contributed by atoms with Crippen LogP contribution in [0.1, 0.15) is 26.5 Å². The first-order valence-corrected chi connectivity index (χ1v) is 5.53. The lowest BCUT2D eigenvalue weighted by Gasteiger charge is -2.08. The van der Waals surface area contributed by atoms with Crippen molar-refractivity contribution in [2.75, 3.05) is 12.4 Å². The lowest BCUT2D eigenvalue weighted by Crippen LogP contribution is -2.15. The van der Waals surface area contributed by atoms with E-state index in [2.05, 4.69) is 15.2 Å². The Bertz CT molecular complexity index is 619. The van der Waals surface area contributed by atoms with Gasteiger partial charge in [0.1, 0.15) is 11.3 Å². The number of aryl methyl sites for hydroxylation is 1. The first-order chi connectivity index (χ1) is 9.13. The number of para-hydroxylation sites is 1. The van der Waals surface area contributed by atoms with E-state index >= 15 is 0 Å². The van der Waals surface area contributed by atoms with Gasteiger partial charge in [-0.1, -0.05) is 17.3 Å². The molecule has 0 aliphatic carbocycles. The molecular weight excluding hydrogens is 248 g/mol. The van der Waals surface area contributed by atoms with Gasteiger partial charge in [-0.2, -0.15) is 0 Å². The van der Waals surface area contributed by atoms with Crippen LogP contribution >= 0.6 is 0 Å². The fourth-order valence-corrected chi connectivity index (χ4v) is 1.59. The van der Waals surface area contributed by atoms with E-state index in [1.54, 1.807) is 31.2 Å². The average molecular weight is 260 g/mol. The number of hydrogen-bond donors (Lipinski definition) is 1. The number of methoxy groups -OCH3 is 1. The van der Waals surface area contributed by atoms with E-state index in [-0.39, 0.29) is 5.56 Å². The normalized spacial score (nSPS) is 10.0. The third-order valence-corrected chi connectivity index (χ3v) is 2.58. The fraction of sp³-hybridized carbons (Fsp3) is 0.154. The van der Waals surface area contributed by atoms with Crippen LogP contribution in [0.3, 0.4) is 0 Å². The molecule has 0 radical (unpaired) electrons. The molecule has 98 valence electrons. The Morgan fingerprint density at radius 2 is 2.00 bits per heavy atom. The highest BCUT2D eigenvalue weighted by Crippen LogP contribution is 2.18. The molecule has 0 saturated heterocycles. The second-order valence-corrected chi connectivity index (χ2v) is 3.79. The van der Waals surface area contributed by atoms with Crippen LogP contribution in [-0.2, 0) is 4.74 Å². The van der Waals surface area contributed by atoms with E-state index in [0.29, 0.717) is 17.0 Å². The number of rotatable bonds is 3. The maximum Gasteiger partial charge on any atom is 0.339 e. The van der Waals surface area contributed by atoms with E-state index in [4.69, 9.17) is 4.52 Å². The summed E-state index contributed by atoms with van der Waals surface area (Å²) in [6.45, 7) is 1.63. The van der Waals surface area contributed by atoms with Gasteiger partial charge < -0.3 is 14.6 Å². The summed E-state index contributed by atoms with van der Waals surface area (Å²) in [6, 6.07) is 6.59. The molecule has 0 bridgehead atoms. The van der Waals surface area contributed by atoms with Gasteiger partial charge in [0.15, 0.2) is 0 Å². The van der Waals surface area contributed by atoms with Gasteiger partial charge >= 0.3 is 5.97 Å². The largest absolute Gasteiger partial charge is 0.465 e. The summed E-state index contributed by atoms with van der Waals surface area (Å²) < 4.78 is 9.47. The number of carbonyl (C=O) groups is 2. The zero-order valence-electron chi connectivity index (χ0n) is 10.5. The molecule has 0 saturated carbocycles. The molecule has 19 heavy (non-hydrogen) atoms. The second kappa shape index (κ2) is 5.34. The van der Waals surface area contributed by atoms with E-state index in [1.165, 1.54) is 13.3 Å². The summed E-state index contributed by atoms with van der Waals surface area (Å²) in [5, 5.41) is 6.16. The Kier molecular flexibility index (Phi) is 3.61. The Morgan fingerprint density at radius 1 is 1.26 bits per heavy atom. The third kappa shape index (κ3) is 2.62. The number of benzene rings is 1. The van der Waals surface area contributed by atoms with Crippen molar-refractivity contribution in [2.45, 2.75) is 6.92 Å². The summed E-state index contributed by atoms with van der Waals surface area (Å²) in [5.41, 5.74) is 0.979. The zero-order valence-corrected chi connectivity index (χ0v) is 10.5. The molecular formula is C13H12N2O4. The van der Waals surface area contributed by atoms with Crippen LogP contribution in [0.5, 0.6) is 0 Å². The van der Waals surface area contributed by atoms with E-state index < -0.39 is 11.9 Å². The molecule has 0 aliphatic heterocycles. The topological polar surface area (TPSA) is 81.4 Å². The van der Waals surface area contributed by atoms with Gasteiger partial charge in [0.05, 0.1) is 24.6 Å². The van der Waals surface area contributed by atoms with Gasteiger partial charge in [-0.25, -0.2) is 4.79 Å². The molecule has 1 N–H and O–H groups in total. The van der Waals surface area contributed by atoms with Crippen LogP contribution in [0.2, 0.25) is 0 Å². The molecule has 0 aliphatic rings. The Labute approximate surface area is 109 Å². The molecule has 6 heteroatoms. The maximum absolute atomic E-state index is 12.0. The van der Waals surface area contributed by atoms with Gasteiger partial charge in [0.2, 0.25) is 0 Å². The molecule has 2 aromatic rings. The molecule has 1 amide bonds. The van der Waals surface area contributed by atoms with E-state index in [1.807, 2.05) is 0 Å². The molecule has 2 rings (SSSR count). The van der Waals surface area contributed by atoms with Crippen LogP contribution in [-0.4, -0.2) is 24.1 Å². The van der Waals surface area contributed by atoms with Crippen molar-refractivity contribution in [1.29, 1.82) is 0 Å². The summed E-state index contributed by atoms with van der Waals surface area (Å²) in [4.78, 5) is 23.6. The quantitative estimate of drug-likeness (QED) is 0.854. The highest BCUT2D eigenvalue weighted by Gasteiger charge is 2.17. The van der Waals surface area contributed by atoms with Crippen molar-refractivity contribution in [3.05, 3.63) is 47.3 Å². The molecule has 1 heterocycles. The van der Waals surface area contributed by atoms with Gasteiger partial charge in [0.25, 0.3) is 5.91 Å². The Balaban J connectivity index is 2.27. The number of aromatic nitrogens is 1.